The molecule has 21 heavy (non-hydrogen) atoms. The first-order valence-electron chi connectivity index (χ1n) is 5.92. The van der Waals surface area contributed by atoms with E-state index in [4.69, 9.17) is 5.11 Å². The van der Waals surface area contributed by atoms with Crippen molar-refractivity contribution in [3.63, 3.8) is 0 Å². The highest BCUT2D eigenvalue weighted by Crippen LogP contribution is 2.23. The lowest BCUT2D eigenvalue weighted by molar-refractivity contribution is -0.385. The van der Waals surface area contributed by atoms with E-state index in [1.54, 1.807) is 6.92 Å². The van der Waals surface area contributed by atoms with Crippen molar-refractivity contribution in [2.45, 2.75) is 13.3 Å². The molecule has 0 atom stereocenters. The zero-order chi connectivity index (χ0) is 16.2. The lowest BCUT2D eigenvalue weighted by atomic mass is 10.1. The molecular formula is C12H12F2N2O5. The molecule has 0 aliphatic heterocycles. The number of hydrogen-bond donors (Lipinski definition) is 1. The van der Waals surface area contributed by atoms with Gasteiger partial charge in [0.05, 0.1) is 11.0 Å². The van der Waals surface area contributed by atoms with Crippen molar-refractivity contribution in [2.75, 3.05) is 13.1 Å². The number of carboxylic acid groups (broad SMARTS) is 1. The van der Waals surface area contributed by atoms with Gasteiger partial charge in [-0.05, 0) is 12.5 Å². The topological polar surface area (TPSA) is 101 Å². The maximum Gasteiger partial charge on any atom is 0.323 e. The predicted molar refractivity (Wildman–Crippen MR) is 66.8 cm³/mol. The van der Waals surface area contributed by atoms with Crippen molar-refractivity contribution in [3.05, 3.63) is 39.4 Å². The molecule has 0 radical (unpaired) electrons. The molecule has 0 spiro atoms. The van der Waals surface area contributed by atoms with E-state index in [2.05, 4.69) is 0 Å². The van der Waals surface area contributed by atoms with E-state index in [1.807, 2.05) is 0 Å². The number of aliphatic carboxylic acids is 1. The van der Waals surface area contributed by atoms with Crippen LogP contribution in [0.15, 0.2) is 12.1 Å². The molecule has 0 saturated heterocycles. The number of nitrogens with zero attached hydrogens (tertiary/aromatic N) is 2. The summed E-state index contributed by atoms with van der Waals surface area (Å²) in [5.41, 5.74) is -1.60. The molecule has 114 valence electrons. The Balaban J connectivity index is 3.29. The number of carbonyl (C=O) groups is 2. The van der Waals surface area contributed by atoms with E-state index in [-0.39, 0.29) is 6.54 Å². The molecule has 0 fully saturated rings. The molecule has 7 nitrogen and oxygen atoms in total. The Hall–Kier alpha value is -2.58. The minimum atomic E-state index is -1.46. The van der Waals surface area contributed by atoms with Crippen LogP contribution in [0.2, 0.25) is 0 Å². The summed E-state index contributed by atoms with van der Waals surface area (Å²) < 4.78 is 26.3. The normalized spacial score (nSPS) is 10.2. The number of nitro groups is 1. The number of hydrogen-bond acceptors (Lipinski definition) is 4. The maximum absolute atomic E-state index is 13.2. The molecule has 1 N–H and O–H groups in total. The first-order chi connectivity index (χ1) is 9.77. The standard InChI is InChI=1S/C12H12F2N2O5/c1-2-3-15(6-11(17)18)12(19)7-4-8(13)9(14)5-10(7)16(20)21/h4-5H,2-3,6H2,1H3,(H,17,18). The lowest BCUT2D eigenvalue weighted by Crippen LogP contribution is -2.36. The summed E-state index contributed by atoms with van der Waals surface area (Å²) in [6, 6.07) is 0.702. The third-order valence-corrected chi connectivity index (χ3v) is 2.57. The van der Waals surface area contributed by atoms with Crippen LogP contribution in [-0.2, 0) is 4.79 Å². The monoisotopic (exact) mass is 302 g/mol. The third-order valence-electron chi connectivity index (χ3n) is 2.57. The maximum atomic E-state index is 13.2. The van der Waals surface area contributed by atoms with Crippen LogP contribution in [0.5, 0.6) is 0 Å². The minimum absolute atomic E-state index is 0.0152. The number of rotatable bonds is 6. The Morgan fingerprint density at radius 2 is 1.90 bits per heavy atom. The van der Waals surface area contributed by atoms with E-state index in [0.29, 0.717) is 18.6 Å². The molecule has 1 amide bonds. The Kier molecular flexibility index (Phi) is 5.28. The van der Waals surface area contributed by atoms with Crippen LogP contribution in [0.4, 0.5) is 14.5 Å². The number of benzene rings is 1. The summed E-state index contributed by atoms with van der Waals surface area (Å²) in [4.78, 5) is 33.4. The summed E-state index contributed by atoms with van der Waals surface area (Å²) in [5, 5.41) is 19.5. The Bertz CT molecular complexity index is 591. The summed E-state index contributed by atoms with van der Waals surface area (Å²) in [6.45, 7) is 0.992. The SMILES string of the molecule is CCCN(CC(=O)O)C(=O)c1cc(F)c(F)cc1[N+](=O)[O-]. The van der Waals surface area contributed by atoms with Gasteiger partial charge in [0.25, 0.3) is 11.6 Å². The van der Waals surface area contributed by atoms with Crippen molar-refractivity contribution in [1.29, 1.82) is 0 Å². The smallest absolute Gasteiger partial charge is 0.323 e. The molecular weight excluding hydrogens is 290 g/mol. The number of nitro benzene ring substituents is 1. The van der Waals surface area contributed by atoms with Crippen molar-refractivity contribution in [3.8, 4) is 0 Å². The second kappa shape index (κ2) is 6.73. The zero-order valence-corrected chi connectivity index (χ0v) is 11.0. The molecule has 9 heteroatoms. The molecule has 1 aromatic rings. The van der Waals surface area contributed by atoms with Crippen molar-refractivity contribution in [1.82, 2.24) is 4.90 Å². The van der Waals surface area contributed by atoms with E-state index >= 15 is 0 Å². The largest absolute Gasteiger partial charge is 0.480 e. The van der Waals surface area contributed by atoms with Gasteiger partial charge in [0.1, 0.15) is 12.1 Å². The van der Waals surface area contributed by atoms with E-state index in [0.717, 1.165) is 4.90 Å². The second-order valence-electron chi connectivity index (χ2n) is 4.16. The van der Waals surface area contributed by atoms with Crippen LogP contribution in [0.1, 0.15) is 23.7 Å². The van der Waals surface area contributed by atoms with Gasteiger partial charge in [-0.15, -0.1) is 0 Å². The second-order valence-corrected chi connectivity index (χ2v) is 4.16. The van der Waals surface area contributed by atoms with Gasteiger partial charge in [-0.3, -0.25) is 19.7 Å². The third kappa shape index (κ3) is 3.94. The highest BCUT2D eigenvalue weighted by Gasteiger charge is 2.28. The van der Waals surface area contributed by atoms with Gasteiger partial charge >= 0.3 is 5.97 Å². The molecule has 0 aliphatic carbocycles. The van der Waals surface area contributed by atoms with Crippen LogP contribution in [0, 0.1) is 21.7 Å². The Morgan fingerprint density at radius 1 is 1.33 bits per heavy atom. The van der Waals surface area contributed by atoms with Crippen molar-refractivity contribution < 1.29 is 28.4 Å². The fourth-order valence-electron chi connectivity index (χ4n) is 1.71. The number of carboxylic acids is 1. The van der Waals surface area contributed by atoms with Crippen LogP contribution in [0.25, 0.3) is 0 Å². The molecule has 0 aromatic heterocycles. The fourth-order valence-corrected chi connectivity index (χ4v) is 1.71. The van der Waals surface area contributed by atoms with Crippen LogP contribution < -0.4 is 0 Å². The van der Waals surface area contributed by atoms with Gasteiger partial charge in [-0.25, -0.2) is 8.78 Å². The molecule has 0 saturated carbocycles. The van der Waals surface area contributed by atoms with Gasteiger partial charge < -0.3 is 10.0 Å². The van der Waals surface area contributed by atoms with Crippen molar-refractivity contribution in [2.24, 2.45) is 0 Å². The fraction of sp³-hybridized carbons (Fsp3) is 0.333. The zero-order valence-electron chi connectivity index (χ0n) is 11.0. The van der Waals surface area contributed by atoms with Crippen molar-refractivity contribution >= 4 is 17.6 Å². The van der Waals surface area contributed by atoms with Gasteiger partial charge in [0.2, 0.25) is 0 Å². The average molecular weight is 302 g/mol. The minimum Gasteiger partial charge on any atom is -0.480 e. The summed E-state index contributed by atoms with van der Waals surface area (Å²) in [5.74, 6) is -5.24. The molecule has 1 rings (SSSR count). The van der Waals surface area contributed by atoms with E-state index in [1.165, 1.54) is 0 Å². The molecule has 0 bridgehead atoms. The molecule has 0 unspecified atom stereocenters. The number of amides is 1. The van der Waals surface area contributed by atoms with Crippen LogP contribution >= 0.6 is 0 Å². The summed E-state index contributed by atoms with van der Waals surface area (Å²) in [7, 11) is 0. The molecule has 0 heterocycles. The summed E-state index contributed by atoms with van der Waals surface area (Å²) >= 11 is 0. The highest BCUT2D eigenvalue weighted by molar-refractivity contribution is 5.99. The molecule has 1 aromatic carbocycles. The first-order valence-corrected chi connectivity index (χ1v) is 5.92. The van der Waals surface area contributed by atoms with E-state index in [9.17, 15) is 28.5 Å². The quantitative estimate of drug-likeness (QED) is 0.638. The van der Waals surface area contributed by atoms with Crippen LogP contribution in [-0.4, -0.2) is 39.9 Å². The van der Waals surface area contributed by atoms with Crippen LogP contribution in [0.3, 0.4) is 0 Å². The first kappa shape index (κ1) is 16.5. The highest BCUT2D eigenvalue weighted by atomic mass is 19.2. The lowest BCUT2D eigenvalue weighted by Gasteiger charge is -2.19. The number of halogens is 2. The van der Waals surface area contributed by atoms with Gasteiger partial charge in [-0.1, -0.05) is 6.92 Å². The Labute approximate surface area is 117 Å². The Morgan fingerprint density at radius 3 is 2.38 bits per heavy atom. The van der Waals surface area contributed by atoms with Gasteiger partial charge in [0, 0.05) is 6.54 Å². The summed E-state index contributed by atoms with van der Waals surface area (Å²) in [6.07, 6.45) is 0.399. The average Bonchev–Trinajstić information content (AvgIpc) is 2.39. The molecule has 0 aliphatic rings. The van der Waals surface area contributed by atoms with Gasteiger partial charge in [-0.2, -0.15) is 0 Å². The predicted octanol–water partition coefficient (Wildman–Crippen LogP) is 1.81. The van der Waals surface area contributed by atoms with Gasteiger partial charge in [0.15, 0.2) is 11.6 Å². The number of carbonyl (C=O) groups excluding carboxylic acids is 1. The van der Waals surface area contributed by atoms with E-state index < -0.39 is 46.2 Å².